The molecule has 0 aliphatic carbocycles. The van der Waals surface area contributed by atoms with Crippen molar-refractivity contribution in [2.45, 2.75) is 18.8 Å². The van der Waals surface area contributed by atoms with Crippen LogP contribution in [0.3, 0.4) is 0 Å². The SMILES string of the molecule is CC(CC#N)(C(=O)O)c1ccc([N+](=O)[O-])cc1. The van der Waals surface area contributed by atoms with E-state index < -0.39 is 16.3 Å². The molecule has 0 heterocycles. The highest BCUT2D eigenvalue weighted by molar-refractivity contribution is 5.81. The van der Waals surface area contributed by atoms with Crippen LogP contribution in [0.25, 0.3) is 0 Å². The summed E-state index contributed by atoms with van der Waals surface area (Å²) in [5.74, 6) is -1.13. The molecule has 1 N–H and O–H groups in total. The number of benzene rings is 1. The summed E-state index contributed by atoms with van der Waals surface area (Å²) in [6.07, 6.45) is -0.194. The number of carbonyl (C=O) groups is 1. The smallest absolute Gasteiger partial charge is 0.314 e. The number of nitro groups is 1. The van der Waals surface area contributed by atoms with Gasteiger partial charge in [0.1, 0.15) is 5.41 Å². The highest BCUT2D eigenvalue weighted by Crippen LogP contribution is 2.29. The molecule has 0 spiro atoms. The molecule has 0 fully saturated rings. The zero-order chi connectivity index (χ0) is 13.1. The summed E-state index contributed by atoms with van der Waals surface area (Å²) in [6, 6.07) is 7.00. The van der Waals surface area contributed by atoms with Gasteiger partial charge in [-0.15, -0.1) is 0 Å². The lowest BCUT2D eigenvalue weighted by Crippen LogP contribution is -2.31. The van der Waals surface area contributed by atoms with E-state index in [1.807, 2.05) is 6.07 Å². The minimum absolute atomic E-state index is 0.113. The Labute approximate surface area is 97.3 Å². The van der Waals surface area contributed by atoms with Gasteiger partial charge in [0.15, 0.2) is 0 Å². The third-order valence-corrected chi connectivity index (χ3v) is 2.62. The van der Waals surface area contributed by atoms with Gasteiger partial charge in [-0.1, -0.05) is 12.1 Å². The molecule has 0 saturated carbocycles. The molecule has 1 aromatic rings. The van der Waals surface area contributed by atoms with Crippen molar-refractivity contribution in [3.8, 4) is 6.07 Å². The van der Waals surface area contributed by atoms with E-state index in [2.05, 4.69) is 0 Å². The lowest BCUT2D eigenvalue weighted by Gasteiger charge is -2.21. The zero-order valence-corrected chi connectivity index (χ0v) is 9.08. The molecule has 0 radical (unpaired) electrons. The van der Waals surface area contributed by atoms with Gasteiger partial charge in [0.05, 0.1) is 17.4 Å². The minimum Gasteiger partial charge on any atom is -0.481 e. The predicted octanol–water partition coefficient (Wildman–Crippen LogP) is 1.85. The Bertz CT molecular complexity index is 489. The number of nitriles is 1. The van der Waals surface area contributed by atoms with Crippen LogP contribution in [0, 0.1) is 21.4 Å². The third-order valence-electron chi connectivity index (χ3n) is 2.62. The van der Waals surface area contributed by atoms with Gasteiger partial charge in [-0.2, -0.15) is 5.26 Å². The first-order valence-electron chi connectivity index (χ1n) is 4.77. The number of rotatable bonds is 4. The van der Waals surface area contributed by atoms with Gasteiger partial charge >= 0.3 is 5.97 Å². The van der Waals surface area contributed by atoms with Crippen LogP contribution in [-0.4, -0.2) is 16.0 Å². The van der Waals surface area contributed by atoms with Crippen LogP contribution in [-0.2, 0) is 10.2 Å². The van der Waals surface area contributed by atoms with Crippen LogP contribution < -0.4 is 0 Å². The summed E-state index contributed by atoms with van der Waals surface area (Å²) in [5.41, 5.74) is -1.08. The van der Waals surface area contributed by atoms with Gasteiger partial charge in [0, 0.05) is 12.1 Å². The molecular formula is C11H10N2O4. The predicted molar refractivity (Wildman–Crippen MR) is 58.3 cm³/mol. The molecule has 6 heteroatoms. The van der Waals surface area contributed by atoms with Crippen molar-refractivity contribution >= 4 is 11.7 Å². The third kappa shape index (κ3) is 2.39. The van der Waals surface area contributed by atoms with Gasteiger partial charge in [0.25, 0.3) is 5.69 Å². The maximum Gasteiger partial charge on any atom is 0.314 e. The fourth-order valence-corrected chi connectivity index (χ4v) is 1.41. The summed E-state index contributed by atoms with van der Waals surface area (Å²) in [6.45, 7) is 1.42. The second-order valence-electron chi connectivity index (χ2n) is 3.78. The second-order valence-corrected chi connectivity index (χ2v) is 3.78. The Morgan fingerprint density at radius 2 is 2.06 bits per heavy atom. The topological polar surface area (TPSA) is 104 Å². The van der Waals surface area contributed by atoms with Crippen LogP contribution in [0.2, 0.25) is 0 Å². The van der Waals surface area contributed by atoms with Crippen LogP contribution >= 0.6 is 0 Å². The summed E-state index contributed by atoms with van der Waals surface area (Å²) >= 11 is 0. The van der Waals surface area contributed by atoms with E-state index in [0.717, 1.165) is 0 Å². The summed E-state index contributed by atoms with van der Waals surface area (Å²) in [4.78, 5) is 21.0. The molecule has 0 aromatic heterocycles. The second kappa shape index (κ2) is 4.61. The fourth-order valence-electron chi connectivity index (χ4n) is 1.41. The quantitative estimate of drug-likeness (QED) is 0.632. The molecule has 1 aromatic carbocycles. The summed E-state index contributed by atoms with van der Waals surface area (Å²) < 4.78 is 0. The average Bonchev–Trinajstić information content (AvgIpc) is 2.29. The first-order chi connectivity index (χ1) is 7.91. The maximum atomic E-state index is 11.1. The molecule has 0 saturated heterocycles. The van der Waals surface area contributed by atoms with Crippen molar-refractivity contribution in [3.63, 3.8) is 0 Å². The maximum absolute atomic E-state index is 11.1. The minimum atomic E-state index is -1.34. The molecule has 88 valence electrons. The van der Waals surface area contributed by atoms with Crippen molar-refractivity contribution in [2.75, 3.05) is 0 Å². The lowest BCUT2D eigenvalue weighted by atomic mass is 9.80. The van der Waals surface area contributed by atoms with E-state index in [1.165, 1.54) is 31.2 Å². The summed E-state index contributed by atoms with van der Waals surface area (Å²) in [5, 5.41) is 28.2. The van der Waals surface area contributed by atoms with Crippen molar-refractivity contribution in [1.82, 2.24) is 0 Å². The Hall–Kier alpha value is -2.42. The molecule has 17 heavy (non-hydrogen) atoms. The number of hydrogen-bond donors (Lipinski definition) is 1. The molecule has 0 aliphatic rings. The number of nitro benzene ring substituents is 1. The number of hydrogen-bond acceptors (Lipinski definition) is 4. The van der Waals surface area contributed by atoms with Crippen LogP contribution in [0.15, 0.2) is 24.3 Å². The Kier molecular flexibility index (Phi) is 3.43. The highest BCUT2D eigenvalue weighted by Gasteiger charge is 2.35. The molecule has 0 bridgehead atoms. The van der Waals surface area contributed by atoms with Crippen molar-refractivity contribution in [3.05, 3.63) is 39.9 Å². The average molecular weight is 234 g/mol. The molecule has 1 unspecified atom stereocenters. The number of carboxylic acid groups (broad SMARTS) is 1. The van der Waals surface area contributed by atoms with Gasteiger partial charge in [-0.25, -0.2) is 0 Å². The zero-order valence-electron chi connectivity index (χ0n) is 9.08. The number of aliphatic carboxylic acids is 1. The highest BCUT2D eigenvalue weighted by atomic mass is 16.6. The van der Waals surface area contributed by atoms with E-state index >= 15 is 0 Å². The largest absolute Gasteiger partial charge is 0.481 e. The monoisotopic (exact) mass is 234 g/mol. The normalized spacial score (nSPS) is 13.4. The molecule has 0 amide bonds. The van der Waals surface area contributed by atoms with Crippen molar-refractivity contribution < 1.29 is 14.8 Å². The van der Waals surface area contributed by atoms with Gasteiger partial charge in [-0.3, -0.25) is 14.9 Å². The number of carboxylic acids is 1. The van der Waals surface area contributed by atoms with E-state index in [9.17, 15) is 14.9 Å². The van der Waals surface area contributed by atoms with Gasteiger partial charge in [0.2, 0.25) is 0 Å². The van der Waals surface area contributed by atoms with Crippen LogP contribution in [0.5, 0.6) is 0 Å². The molecule has 1 rings (SSSR count). The Balaban J connectivity index is 3.18. The first-order valence-corrected chi connectivity index (χ1v) is 4.77. The Morgan fingerprint density at radius 1 is 1.53 bits per heavy atom. The standard InChI is InChI=1S/C11H10N2O4/c1-11(6-7-12,10(14)15)8-2-4-9(5-3-8)13(16)17/h2-5H,6H2,1H3,(H,14,15). The van der Waals surface area contributed by atoms with E-state index in [0.29, 0.717) is 5.56 Å². The first kappa shape index (κ1) is 12.6. The van der Waals surface area contributed by atoms with Gasteiger partial charge in [-0.05, 0) is 12.5 Å². The van der Waals surface area contributed by atoms with Gasteiger partial charge < -0.3 is 5.11 Å². The Morgan fingerprint density at radius 3 is 2.41 bits per heavy atom. The van der Waals surface area contributed by atoms with Crippen molar-refractivity contribution in [2.24, 2.45) is 0 Å². The molecule has 0 aliphatic heterocycles. The molecular weight excluding hydrogens is 224 g/mol. The number of non-ortho nitro benzene ring substituents is 1. The van der Waals surface area contributed by atoms with Crippen molar-refractivity contribution in [1.29, 1.82) is 5.26 Å². The van der Waals surface area contributed by atoms with E-state index in [-0.39, 0.29) is 12.1 Å². The van der Waals surface area contributed by atoms with E-state index in [1.54, 1.807) is 0 Å². The molecule has 1 atom stereocenters. The summed E-state index contributed by atoms with van der Waals surface area (Å²) in [7, 11) is 0. The van der Waals surface area contributed by atoms with Crippen LogP contribution in [0.1, 0.15) is 18.9 Å². The van der Waals surface area contributed by atoms with Crippen LogP contribution in [0.4, 0.5) is 5.69 Å². The number of nitrogens with zero attached hydrogens (tertiary/aromatic N) is 2. The van der Waals surface area contributed by atoms with E-state index in [4.69, 9.17) is 10.4 Å². The molecule has 6 nitrogen and oxygen atoms in total. The fraction of sp³-hybridized carbons (Fsp3) is 0.273. The lowest BCUT2D eigenvalue weighted by molar-refractivity contribution is -0.384.